The van der Waals surface area contributed by atoms with Crippen molar-refractivity contribution in [2.45, 2.75) is 19.9 Å². The van der Waals surface area contributed by atoms with Crippen molar-refractivity contribution in [2.75, 3.05) is 39.5 Å². The van der Waals surface area contributed by atoms with Crippen molar-refractivity contribution in [3.63, 3.8) is 0 Å². The number of hydrogen-bond donors (Lipinski definition) is 1. The molecule has 0 amide bonds. The van der Waals surface area contributed by atoms with Crippen molar-refractivity contribution in [3.05, 3.63) is 18.0 Å². The van der Waals surface area contributed by atoms with Gasteiger partial charge in [0.15, 0.2) is 5.96 Å². The summed E-state index contributed by atoms with van der Waals surface area (Å²) >= 11 is 0. The fourth-order valence-electron chi connectivity index (χ4n) is 2.57. The molecule has 1 atom stereocenters. The minimum atomic E-state index is -3.09. The van der Waals surface area contributed by atoms with Gasteiger partial charge in [-0.2, -0.15) is 0 Å². The number of aliphatic imine (C=N–C) groups is 1. The van der Waals surface area contributed by atoms with Gasteiger partial charge in [-0.3, -0.25) is 4.99 Å². The van der Waals surface area contributed by atoms with Crippen LogP contribution < -0.4 is 5.32 Å². The van der Waals surface area contributed by atoms with E-state index >= 15 is 0 Å². The second-order valence-corrected chi connectivity index (χ2v) is 7.80. The number of guanidine groups is 1. The minimum Gasteiger partial charge on any atom is -0.364 e. The summed E-state index contributed by atoms with van der Waals surface area (Å²) in [6, 6.07) is 1.82. The maximum absolute atomic E-state index is 11.6. The van der Waals surface area contributed by atoms with Crippen LogP contribution in [0.25, 0.3) is 0 Å². The molecule has 138 valence electrons. The van der Waals surface area contributed by atoms with Gasteiger partial charge in [0.25, 0.3) is 0 Å². The van der Waals surface area contributed by atoms with Crippen molar-refractivity contribution in [2.24, 2.45) is 10.9 Å². The summed E-state index contributed by atoms with van der Waals surface area (Å²) in [5.41, 5.74) is 0.835. The van der Waals surface area contributed by atoms with Crippen LogP contribution >= 0.6 is 24.0 Å². The average Bonchev–Trinajstić information content (AvgIpc) is 3.13. The topological polar surface area (TPSA) is 91.0 Å². The van der Waals surface area contributed by atoms with Crippen molar-refractivity contribution in [1.29, 1.82) is 0 Å². The van der Waals surface area contributed by atoms with Crippen LogP contribution in [0.3, 0.4) is 0 Å². The lowest BCUT2D eigenvalue weighted by atomic mass is 10.1. The number of aromatic nitrogens is 1. The smallest absolute Gasteiger partial charge is 0.211 e. The zero-order valence-electron chi connectivity index (χ0n) is 14.3. The molecule has 0 aliphatic carbocycles. The molecule has 0 bridgehead atoms. The number of halogens is 1. The van der Waals surface area contributed by atoms with E-state index in [1.54, 1.807) is 6.26 Å². The van der Waals surface area contributed by atoms with Crippen LogP contribution in [0.2, 0.25) is 0 Å². The number of nitrogens with one attached hydrogen (secondary N) is 1. The van der Waals surface area contributed by atoms with E-state index < -0.39 is 10.0 Å². The maximum atomic E-state index is 11.6. The van der Waals surface area contributed by atoms with Crippen molar-refractivity contribution < 1.29 is 12.9 Å². The van der Waals surface area contributed by atoms with E-state index in [-0.39, 0.29) is 29.9 Å². The largest absolute Gasteiger partial charge is 0.364 e. The average molecular weight is 471 g/mol. The third kappa shape index (κ3) is 6.20. The third-order valence-corrected chi connectivity index (χ3v) is 5.07. The van der Waals surface area contributed by atoms with Gasteiger partial charge in [-0.05, 0) is 19.3 Å². The molecule has 0 radical (unpaired) electrons. The molecule has 2 rings (SSSR count). The van der Waals surface area contributed by atoms with Gasteiger partial charge in [0.2, 0.25) is 10.0 Å². The highest BCUT2D eigenvalue weighted by Crippen LogP contribution is 2.19. The molecule has 1 saturated heterocycles. The zero-order chi connectivity index (χ0) is 16.9. The van der Waals surface area contributed by atoms with E-state index in [9.17, 15) is 8.42 Å². The third-order valence-electron chi connectivity index (χ3n) is 3.80. The Bertz CT molecular complexity index is 620. The fourth-order valence-corrected chi connectivity index (χ4v) is 3.49. The highest BCUT2D eigenvalue weighted by atomic mass is 127. The Morgan fingerprint density at radius 1 is 1.58 bits per heavy atom. The van der Waals surface area contributed by atoms with Crippen LogP contribution in [-0.2, 0) is 16.6 Å². The highest BCUT2D eigenvalue weighted by molar-refractivity contribution is 14.0. The minimum absolute atomic E-state index is 0. The standard InChI is InChI=1S/C14H25N5O3S.HI/c1-4-15-14(18(2)11-13-6-8-22-17-13)16-9-12-5-7-19(10-12)23(3,20)21;/h6,8,12H,4-5,7,9-11H2,1-3H3,(H,15,16);1H. The predicted molar refractivity (Wildman–Crippen MR) is 104 cm³/mol. The van der Waals surface area contributed by atoms with Gasteiger partial charge in [0, 0.05) is 39.3 Å². The first kappa shape index (κ1) is 21.2. The van der Waals surface area contributed by atoms with Crippen LogP contribution in [0.4, 0.5) is 0 Å². The van der Waals surface area contributed by atoms with Crippen molar-refractivity contribution >= 4 is 40.0 Å². The maximum Gasteiger partial charge on any atom is 0.211 e. The molecule has 1 unspecified atom stereocenters. The first-order valence-corrected chi connectivity index (χ1v) is 9.58. The molecular formula is C14H26IN5O3S. The van der Waals surface area contributed by atoms with Gasteiger partial charge >= 0.3 is 0 Å². The molecule has 1 fully saturated rings. The Morgan fingerprint density at radius 2 is 2.33 bits per heavy atom. The predicted octanol–water partition coefficient (Wildman–Crippen LogP) is 0.971. The summed E-state index contributed by atoms with van der Waals surface area (Å²) < 4.78 is 29.5. The SMILES string of the molecule is CCNC(=NCC1CCN(S(C)(=O)=O)C1)N(C)Cc1ccon1.I. The van der Waals surface area contributed by atoms with Gasteiger partial charge in [-0.1, -0.05) is 5.16 Å². The molecule has 1 aromatic heterocycles. The highest BCUT2D eigenvalue weighted by Gasteiger charge is 2.28. The summed E-state index contributed by atoms with van der Waals surface area (Å²) in [4.78, 5) is 6.62. The van der Waals surface area contributed by atoms with E-state index in [1.807, 2.05) is 24.9 Å². The van der Waals surface area contributed by atoms with Gasteiger partial charge in [0.1, 0.15) is 12.0 Å². The Labute approximate surface area is 160 Å². The van der Waals surface area contributed by atoms with Crippen molar-refractivity contribution in [3.8, 4) is 0 Å². The lowest BCUT2D eigenvalue weighted by Crippen LogP contribution is -2.39. The summed E-state index contributed by atoms with van der Waals surface area (Å²) in [6.45, 7) is 5.13. The molecule has 24 heavy (non-hydrogen) atoms. The monoisotopic (exact) mass is 471 g/mol. The summed E-state index contributed by atoms with van der Waals surface area (Å²) in [5.74, 6) is 1.05. The number of sulfonamides is 1. The van der Waals surface area contributed by atoms with E-state index in [0.717, 1.165) is 24.6 Å². The number of hydrogen-bond acceptors (Lipinski definition) is 5. The van der Waals surface area contributed by atoms with Gasteiger partial charge in [-0.15, -0.1) is 24.0 Å². The molecule has 1 N–H and O–H groups in total. The molecule has 1 aliphatic rings. The Hall–Kier alpha value is -0.880. The molecular weight excluding hydrogens is 445 g/mol. The molecule has 8 nitrogen and oxygen atoms in total. The van der Waals surface area contributed by atoms with Gasteiger partial charge in [-0.25, -0.2) is 12.7 Å². The van der Waals surface area contributed by atoms with Gasteiger partial charge < -0.3 is 14.7 Å². The van der Waals surface area contributed by atoms with E-state index in [1.165, 1.54) is 10.6 Å². The summed E-state index contributed by atoms with van der Waals surface area (Å²) in [5, 5.41) is 7.15. The van der Waals surface area contributed by atoms with E-state index in [4.69, 9.17) is 4.52 Å². The molecule has 1 aromatic rings. The Balaban J connectivity index is 0.00000288. The van der Waals surface area contributed by atoms with Crippen molar-refractivity contribution in [1.82, 2.24) is 19.7 Å². The quantitative estimate of drug-likeness (QED) is 0.378. The first-order valence-electron chi connectivity index (χ1n) is 7.74. The number of rotatable bonds is 6. The molecule has 2 heterocycles. The molecule has 1 aliphatic heterocycles. The normalized spacial score (nSPS) is 19.1. The fraction of sp³-hybridized carbons (Fsp3) is 0.714. The first-order chi connectivity index (χ1) is 10.9. The van der Waals surface area contributed by atoms with E-state index in [2.05, 4.69) is 15.5 Å². The summed E-state index contributed by atoms with van der Waals surface area (Å²) in [7, 11) is -1.16. The molecule has 0 saturated carbocycles. The summed E-state index contributed by atoms with van der Waals surface area (Å²) in [6.07, 6.45) is 3.66. The van der Waals surface area contributed by atoms with Crippen LogP contribution in [0.5, 0.6) is 0 Å². The van der Waals surface area contributed by atoms with E-state index in [0.29, 0.717) is 26.2 Å². The lowest BCUT2D eigenvalue weighted by molar-refractivity contribution is 0.390. The molecule has 0 spiro atoms. The van der Waals surface area contributed by atoms with Crippen LogP contribution in [0.1, 0.15) is 19.0 Å². The molecule has 10 heteroatoms. The van der Waals surface area contributed by atoms with Crippen LogP contribution in [0.15, 0.2) is 21.8 Å². The Kier molecular flexibility index (Phi) is 8.43. The van der Waals surface area contributed by atoms with Gasteiger partial charge in [0.05, 0.1) is 12.8 Å². The molecule has 0 aromatic carbocycles. The second kappa shape index (κ2) is 9.56. The zero-order valence-corrected chi connectivity index (χ0v) is 17.5. The van der Waals surface area contributed by atoms with Crippen LogP contribution in [-0.4, -0.2) is 68.2 Å². The lowest BCUT2D eigenvalue weighted by Gasteiger charge is -2.21. The Morgan fingerprint density at radius 3 is 2.88 bits per heavy atom. The van der Waals surface area contributed by atoms with Crippen LogP contribution in [0, 0.1) is 5.92 Å². The second-order valence-electron chi connectivity index (χ2n) is 5.82. The number of nitrogens with zero attached hydrogens (tertiary/aromatic N) is 4.